The topological polar surface area (TPSA) is 18.5 Å². The predicted octanol–water partition coefficient (Wildman–Crippen LogP) is 38.2. The van der Waals surface area contributed by atoms with Gasteiger partial charge in [0.1, 0.15) is 0 Å². The van der Waals surface area contributed by atoms with Gasteiger partial charge in [-0.3, -0.25) is 0 Å². The summed E-state index contributed by atoms with van der Waals surface area (Å²) in [5.74, 6) is 20.6. The Morgan fingerprint density at radius 3 is 0.899 bits per heavy atom. The second kappa shape index (κ2) is 48.2. The molecule has 0 aromatic rings. The van der Waals surface area contributed by atoms with Crippen molar-refractivity contribution in [2.75, 3.05) is 21.3 Å². The Hall–Kier alpha value is -0.0800. The standard InChI is InChI=1S/C14H26.C13H24.C12H20.C12H22.C11H18.2C11H20.C10H18.C9H20.C8H16.C4H10O.C2H6O/c1-12-4-6-14(7-5-12)10-8-13(2,3)9-11-14;1-11-7-9-13(10-8-11)12-5-3-2-4-6-12;1-2-12-6-9-3-10(7-12)5-11(4-9)8-12;1-11-5-9-12(10-6-11)7-3-2-4-8-12;1-11-5-8-2-9(6-11)4-10(3-8)7-11;1-8-9-4-6-10(7-5-9)11(8,2)3;1-10-4-8-11(9-5-10)6-2-3-7-11;1-7-8(2)10-5-3-9(7)4-6-10;1-7-9(5,6)8(2,3)4;1-3-8(2)6-4-5-7-8;1-4(2)5-3;1-3-2/h12H,4-11H2,1-3H3;11-13H,2-10H2,1H3;9-11H,2-8H2,1H3;11H,2-10H2,1H3;8-10H,2-7H2,1H3;8-10H,4-7H2,1-3H3;10H,2-9H2,1H3;7-10H,3-6H2,1-2H3;7H2,1-6H3;3-7H2,1-2H3;4H,1-3H3;1-2H3/t;;;;;8-,9?,10?;;7-,8?,9?,10?;;;;/m.....1.0..../s1. The molecule has 2 heteroatoms. The van der Waals surface area contributed by atoms with Crippen LogP contribution in [0.15, 0.2) is 0 Å². The van der Waals surface area contributed by atoms with Crippen molar-refractivity contribution in [2.24, 2.45) is 167 Å². The lowest BCUT2D eigenvalue weighted by Crippen LogP contribution is -2.45. The molecule has 119 heavy (non-hydrogen) atoms. The van der Waals surface area contributed by atoms with Gasteiger partial charge in [0.15, 0.2) is 0 Å². The molecule has 23 aliphatic carbocycles. The van der Waals surface area contributed by atoms with Crippen LogP contribution < -0.4 is 0 Å². The van der Waals surface area contributed by atoms with Crippen LogP contribution in [0, 0.1) is 167 Å². The van der Waals surface area contributed by atoms with E-state index >= 15 is 0 Å². The highest BCUT2D eigenvalue weighted by molar-refractivity contribution is 5.03. The van der Waals surface area contributed by atoms with Crippen LogP contribution in [-0.4, -0.2) is 27.4 Å². The zero-order valence-corrected chi connectivity index (χ0v) is 86.5. The van der Waals surface area contributed by atoms with Crippen molar-refractivity contribution in [3.63, 3.8) is 0 Å². The average Bonchev–Trinajstić information content (AvgIpc) is 0.860. The maximum atomic E-state index is 4.75. The minimum Gasteiger partial charge on any atom is -0.388 e. The lowest BCUT2D eigenvalue weighted by molar-refractivity contribution is -0.0545. The molecule has 0 radical (unpaired) electrons. The monoisotopic (exact) mass is 1660 g/mol. The Morgan fingerprint density at radius 2 is 0.622 bits per heavy atom. The Kier molecular flexibility index (Phi) is 42.2. The van der Waals surface area contributed by atoms with E-state index in [9.17, 15) is 0 Å². The predicted molar refractivity (Wildman–Crippen MR) is 527 cm³/mol. The van der Waals surface area contributed by atoms with Gasteiger partial charge in [0.2, 0.25) is 0 Å². The fourth-order valence-electron chi connectivity index (χ4n) is 30.6. The zero-order chi connectivity index (χ0) is 87.1. The minimum atomic E-state index is 0.384. The van der Waals surface area contributed by atoms with Gasteiger partial charge in [0, 0.05) is 21.3 Å². The third kappa shape index (κ3) is 32.2. The van der Waals surface area contributed by atoms with E-state index in [-0.39, 0.29) is 0 Å². The van der Waals surface area contributed by atoms with Crippen molar-refractivity contribution in [1.82, 2.24) is 0 Å². The van der Waals surface area contributed by atoms with Crippen LogP contribution in [-0.2, 0) is 9.47 Å². The van der Waals surface area contributed by atoms with Crippen molar-refractivity contribution >= 4 is 0 Å². The van der Waals surface area contributed by atoms with Crippen LogP contribution in [0.25, 0.3) is 0 Å². The second-order valence-corrected chi connectivity index (χ2v) is 53.1. The van der Waals surface area contributed by atoms with Crippen LogP contribution in [0.5, 0.6) is 0 Å². The number of methoxy groups -OCH3 is 2. The average molecular weight is 1660 g/mol. The molecule has 3 spiro atoms. The van der Waals surface area contributed by atoms with Crippen LogP contribution in [0.3, 0.4) is 0 Å². The summed E-state index contributed by atoms with van der Waals surface area (Å²) in [7, 11) is 4.95. The molecule has 23 fully saturated rings. The summed E-state index contributed by atoms with van der Waals surface area (Å²) >= 11 is 0. The van der Waals surface area contributed by atoms with E-state index in [1.807, 2.05) is 13.8 Å². The smallest absolute Gasteiger partial charge is 0.0515 e. The Balaban J connectivity index is 0.000000164. The molecule has 12 bridgehead atoms. The second-order valence-electron chi connectivity index (χ2n) is 53.1. The third-order valence-corrected chi connectivity index (χ3v) is 41.8. The molecule has 3 atom stereocenters. The van der Waals surface area contributed by atoms with Gasteiger partial charge in [0.25, 0.3) is 0 Å². The van der Waals surface area contributed by atoms with Gasteiger partial charge in [-0.1, -0.05) is 293 Å². The molecule has 23 aliphatic rings. The summed E-state index contributed by atoms with van der Waals surface area (Å²) in [4.78, 5) is 0. The first-order valence-electron chi connectivity index (χ1n) is 55.1. The van der Waals surface area contributed by atoms with Crippen LogP contribution in [0.1, 0.15) is 551 Å². The molecule has 0 aliphatic heterocycles. The molecule has 1 unspecified atom stereocenters. The van der Waals surface area contributed by atoms with E-state index in [4.69, 9.17) is 4.74 Å². The van der Waals surface area contributed by atoms with Crippen LogP contribution >= 0.6 is 0 Å². The summed E-state index contributed by atoms with van der Waals surface area (Å²) in [6.07, 6.45) is 93.6. The maximum absolute atomic E-state index is 4.75. The zero-order valence-electron chi connectivity index (χ0n) is 86.5. The van der Waals surface area contributed by atoms with Gasteiger partial charge in [-0.05, 0) is 424 Å². The summed E-state index contributed by atoms with van der Waals surface area (Å²) in [5, 5.41) is 0. The normalized spacial score (nSPS) is 37.8. The SMILES string of the molecule is CC12CC3CC(CC(C3)C1)C2.CC1C2CCC(CC2)[C@H]1C.CC1CCC(C2CCCCC2)CC1.CC1CCC2(CC1)CCC(C)(C)CC2.CC1CCC2(CCCC2)CC1.CC1CCC2(CCCCC2)CC1.CCC(C)(C)C(C)(C)C.CCC1(C)CCCC1.CCC12CC3CC(CC(C3)C1)C2.COC.COC(C)C.C[C@@H]1C2CCC(CC2)C1(C)C. The van der Waals surface area contributed by atoms with Crippen molar-refractivity contribution < 1.29 is 9.47 Å². The molecule has 700 valence electrons. The molecule has 0 heterocycles. The number of fused-ring (bicyclic) bond motifs is 6. The van der Waals surface area contributed by atoms with E-state index in [1.165, 1.54) is 238 Å². The molecular weight excluding hydrogens is 1440 g/mol. The molecule has 0 saturated heterocycles. The summed E-state index contributed by atoms with van der Waals surface area (Å²) < 4.78 is 9.00. The number of hydrogen-bond acceptors (Lipinski definition) is 2. The first-order valence-corrected chi connectivity index (χ1v) is 55.1. The van der Waals surface area contributed by atoms with Crippen molar-refractivity contribution in [1.29, 1.82) is 0 Å². The van der Waals surface area contributed by atoms with E-state index in [2.05, 4.69) is 150 Å². The molecule has 0 aromatic carbocycles. The molecular formula is C117H220O2. The summed E-state index contributed by atoms with van der Waals surface area (Å²) in [6.45, 7) is 54.5. The van der Waals surface area contributed by atoms with Crippen molar-refractivity contribution in [3.8, 4) is 0 Å². The van der Waals surface area contributed by atoms with E-state index in [0.29, 0.717) is 27.8 Å². The summed E-state index contributed by atoms with van der Waals surface area (Å²) in [6, 6.07) is 0. The van der Waals surface area contributed by atoms with E-state index in [1.54, 1.807) is 175 Å². The molecule has 0 aromatic heterocycles. The highest BCUT2D eigenvalue weighted by Crippen LogP contribution is 2.63. The van der Waals surface area contributed by atoms with E-state index in [0.717, 1.165) is 145 Å². The minimum absolute atomic E-state index is 0.384. The highest BCUT2D eigenvalue weighted by atomic mass is 16.5. The van der Waals surface area contributed by atoms with E-state index < -0.39 is 0 Å². The molecule has 2 nitrogen and oxygen atoms in total. The highest BCUT2D eigenvalue weighted by Gasteiger charge is 2.52. The first-order chi connectivity index (χ1) is 56.2. The lowest BCUT2D eigenvalue weighted by atomic mass is 9.49. The van der Waals surface area contributed by atoms with Crippen molar-refractivity contribution in [3.05, 3.63) is 0 Å². The Bertz CT molecular complexity index is 2540. The fraction of sp³-hybridized carbons (Fsp3) is 1.00. The molecule has 23 rings (SSSR count). The van der Waals surface area contributed by atoms with Gasteiger partial charge in [0.05, 0.1) is 6.10 Å². The lowest BCUT2D eigenvalue weighted by Gasteiger charge is -2.56. The Labute approximate surface area is 749 Å². The number of ether oxygens (including phenoxy) is 2. The quantitative estimate of drug-likeness (QED) is 0.273. The largest absolute Gasteiger partial charge is 0.388 e. The summed E-state index contributed by atoms with van der Waals surface area (Å²) in [5.41, 5.74) is 7.09. The Morgan fingerprint density at radius 1 is 0.319 bits per heavy atom. The first kappa shape index (κ1) is 104. The number of hydrogen-bond donors (Lipinski definition) is 0. The molecule has 0 amide bonds. The third-order valence-electron chi connectivity index (χ3n) is 41.8. The van der Waals surface area contributed by atoms with Gasteiger partial charge in [-0.25, -0.2) is 0 Å². The number of rotatable bonds is 5. The molecule has 23 saturated carbocycles. The van der Waals surface area contributed by atoms with Gasteiger partial charge in [-0.2, -0.15) is 0 Å². The van der Waals surface area contributed by atoms with Crippen molar-refractivity contribution in [2.45, 2.75) is 557 Å². The van der Waals surface area contributed by atoms with Gasteiger partial charge >= 0.3 is 0 Å². The van der Waals surface area contributed by atoms with Gasteiger partial charge in [-0.15, -0.1) is 0 Å². The fourth-order valence-corrected chi connectivity index (χ4v) is 30.6. The van der Waals surface area contributed by atoms with Crippen LogP contribution in [0.4, 0.5) is 0 Å². The van der Waals surface area contributed by atoms with Gasteiger partial charge < -0.3 is 9.47 Å². The maximum Gasteiger partial charge on any atom is 0.0515 e. The molecule has 0 N–H and O–H groups in total. The van der Waals surface area contributed by atoms with Crippen LogP contribution in [0.2, 0.25) is 0 Å².